The molecular weight excluding hydrogens is 200 g/mol. The third-order valence-electron chi connectivity index (χ3n) is 3.54. The maximum atomic E-state index is 11.0. The average Bonchev–Trinajstić information content (AvgIpc) is 2.32. The van der Waals surface area contributed by atoms with Crippen molar-refractivity contribution in [3.05, 3.63) is 11.8 Å². The lowest BCUT2D eigenvalue weighted by Crippen LogP contribution is -2.17. The summed E-state index contributed by atoms with van der Waals surface area (Å²) in [4.78, 5) is 11.0. The maximum absolute atomic E-state index is 11.0. The first-order chi connectivity index (χ1) is 7.81. The third-order valence-corrected chi connectivity index (χ3v) is 3.54. The van der Waals surface area contributed by atoms with Gasteiger partial charge in [-0.3, -0.25) is 4.79 Å². The number of carbonyl (C=O) groups excluding carboxylic acids is 1. The molecule has 0 aromatic heterocycles. The summed E-state index contributed by atoms with van der Waals surface area (Å²) in [5.41, 5.74) is 0.858. The largest absolute Gasteiger partial charge is 0.501 e. The lowest BCUT2D eigenvalue weighted by molar-refractivity contribution is -0.105. The van der Waals surface area contributed by atoms with Crippen molar-refractivity contribution in [2.75, 3.05) is 6.61 Å². The van der Waals surface area contributed by atoms with Crippen LogP contribution in [0.25, 0.3) is 0 Å². The van der Waals surface area contributed by atoms with E-state index in [2.05, 4.69) is 6.92 Å². The Labute approximate surface area is 99.1 Å². The van der Waals surface area contributed by atoms with E-state index >= 15 is 0 Å². The van der Waals surface area contributed by atoms with Gasteiger partial charge in [0.2, 0.25) is 0 Å². The van der Waals surface area contributed by atoms with Crippen molar-refractivity contribution in [1.82, 2.24) is 0 Å². The molecule has 0 bridgehead atoms. The quantitative estimate of drug-likeness (QED) is 0.390. The maximum Gasteiger partial charge on any atom is 0.149 e. The fraction of sp³-hybridized carbons (Fsp3) is 0.786. The zero-order chi connectivity index (χ0) is 11.8. The molecule has 0 amide bonds. The van der Waals surface area contributed by atoms with Crippen LogP contribution in [-0.2, 0) is 9.53 Å². The van der Waals surface area contributed by atoms with Gasteiger partial charge < -0.3 is 4.74 Å². The number of rotatable bonds is 6. The molecule has 1 aliphatic rings. The highest BCUT2D eigenvalue weighted by Crippen LogP contribution is 2.34. The molecule has 1 aliphatic carbocycles. The Balaban J connectivity index is 2.41. The number of ether oxygens (including phenoxy) is 1. The summed E-state index contributed by atoms with van der Waals surface area (Å²) in [6, 6.07) is 0. The van der Waals surface area contributed by atoms with Crippen LogP contribution < -0.4 is 0 Å². The molecule has 2 heteroatoms. The molecule has 1 fully saturated rings. The van der Waals surface area contributed by atoms with E-state index in [1.54, 1.807) is 6.26 Å². The van der Waals surface area contributed by atoms with E-state index in [-0.39, 0.29) is 0 Å². The molecule has 0 aromatic carbocycles. The van der Waals surface area contributed by atoms with Crippen LogP contribution in [0, 0.1) is 11.8 Å². The van der Waals surface area contributed by atoms with Crippen molar-refractivity contribution in [3.8, 4) is 0 Å². The molecule has 0 atom stereocenters. The van der Waals surface area contributed by atoms with Crippen molar-refractivity contribution < 1.29 is 9.53 Å². The van der Waals surface area contributed by atoms with E-state index in [9.17, 15) is 4.79 Å². The SMILES string of the molecule is CCCC1CCC(C(C=O)=COCC)CC1. The average molecular weight is 224 g/mol. The Bertz CT molecular complexity index is 225. The topological polar surface area (TPSA) is 26.3 Å². The zero-order valence-electron chi connectivity index (χ0n) is 10.6. The molecule has 16 heavy (non-hydrogen) atoms. The molecule has 0 spiro atoms. The number of allylic oxidation sites excluding steroid dienone is 1. The van der Waals surface area contributed by atoms with Gasteiger partial charge in [-0.2, -0.15) is 0 Å². The highest BCUT2D eigenvalue weighted by molar-refractivity contribution is 5.73. The lowest BCUT2D eigenvalue weighted by atomic mass is 9.77. The Morgan fingerprint density at radius 2 is 1.94 bits per heavy atom. The molecule has 0 heterocycles. The molecular formula is C14H24O2. The first-order valence-corrected chi connectivity index (χ1v) is 6.58. The van der Waals surface area contributed by atoms with Crippen LogP contribution in [0.1, 0.15) is 52.4 Å². The fourth-order valence-electron chi connectivity index (χ4n) is 2.59. The van der Waals surface area contributed by atoms with Gasteiger partial charge in [0.25, 0.3) is 0 Å². The second-order valence-corrected chi connectivity index (χ2v) is 4.70. The van der Waals surface area contributed by atoms with E-state index in [0.29, 0.717) is 12.5 Å². The van der Waals surface area contributed by atoms with Crippen molar-refractivity contribution in [2.24, 2.45) is 11.8 Å². The van der Waals surface area contributed by atoms with Gasteiger partial charge in [-0.05, 0) is 44.4 Å². The van der Waals surface area contributed by atoms with Gasteiger partial charge in [-0.25, -0.2) is 0 Å². The van der Waals surface area contributed by atoms with Gasteiger partial charge in [-0.1, -0.05) is 19.8 Å². The molecule has 92 valence electrons. The second-order valence-electron chi connectivity index (χ2n) is 4.70. The van der Waals surface area contributed by atoms with Gasteiger partial charge in [0.05, 0.1) is 12.9 Å². The number of hydrogen-bond acceptors (Lipinski definition) is 2. The Morgan fingerprint density at radius 1 is 1.25 bits per heavy atom. The van der Waals surface area contributed by atoms with Crippen molar-refractivity contribution in [2.45, 2.75) is 52.4 Å². The lowest BCUT2D eigenvalue weighted by Gasteiger charge is -2.28. The summed E-state index contributed by atoms with van der Waals surface area (Å²) in [6.07, 6.45) is 10.1. The minimum atomic E-state index is 0.442. The summed E-state index contributed by atoms with van der Waals surface area (Å²) in [5.74, 6) is 1.33. The molecule has 0 aromatic rings. The van der Waals surface area contributed by atoms with Crippen molar-refractivity contribution in [1.29, 1.82) is 0 Å². The van der Waals surface area contributed by atoms with E-state index in [1.165, 1.54) is 25.7 Å². The number of aldehydes is 1. The van der Waals surface area contributed by atoms with Crippen LogP contribution in [0.2, 0.25) is 0 Å². The van der Waals surface area contributed by atoms with Gasteiger partial charge in [0, 0.05) is 5.57 Å². The highest BCUT2D eigenvalue weighted by atomic mass is 16.5. The third kappa shape index (κ3) is 3.99. The van der Waals surface area contributed by atoms with Crippen molar-refractivity contribution >= 4 is 6.29 Å². The summed E-state index contributed by atoms with van der Waals surface area (Å²) in [5, 5.41) is 0. The van der Waals surface area contributed by atoms with E-state index in [4.69, 9.17) is 4.74 Å². The van der Waals surface area contributed by atoms with Gasteiger partial charge >= 0.3 is 0 Å². The summed E-state index contributed by atoms with van der Waals surface area (Å²) < 4.78 is 5.22. The Kier molecular flexibility index (Phi) is 6.20. The molecule has 0 radical (unpaired) electrons. The fourth-order valence-corrected chi connectivity index (χ4v) is 2.59. The molecule has 1 rings (SSSR count). The standard InChI is InChI=1S/C14H24O2/c1-3-5-12-6-8-13(9-7-12)14(10-15)11-16-4-2/h10-13H,3-9H2,1-2H3. The molecule has 0 saturated heterocycles. The van der Waals surface area contributed by atoms with Crippen LogP contribution in [-0.4, -0.2) is 12.9 Å². The van der Waals surface area contributed by atoms with Gasteiger partial charge in [0.1, 0.15) is 6.29 Å². The van der Waals surface area contributed by atoms with Crippen LogP contribution >= 0.6 is 0 Å². The van der Waals surface area contributed by atoms with Crippen LogP contribution in [0.4, 0.5) is 0 Å². The highest BCUT2D eigenvalue weighted by Gasteiger charge is 2.23. The molecule has 0 N–H and O–H groups in total. The number of carbonyl (C=O) groups is 1. The van der Waals surface area contributed by atoms with Crippen LogP contribution in [0.15, 0.2) is 11.8 Å². The molecule has 0 aliphatic heterocycles. The first-order valence-electron chi connectivity index (χ1n) is 6.58. The zero-order valence-corrected chi connectivity index (χ0v) is 10.6. The minimum absolute atomic E-state index is 0.442. The second kappa shape index (κ2) is 7.48. The normalized spacial score (nSPS) is 26.5. The number of hydrogen-bond donors (Lipinski definition) is 0. The summed E-state index contributed by atoms with van der Waals surface area (Å²) >= 11 is 0. The predicted molar refractivity (Wildman–Crippen MR) is 66.1 cm³/mol. The Hall–Kier alpha value is -0.790. The van der Waals surface area contributed by atoms with Crippen LogP contribution in [0.5, 0.6) is 0 Å². The smallest absolute Gasteiger partial charge is 0.149 e. The summed E-state index contributed by atoms with van der Waals surface area (Å²) in [7, 11) is 0. The molecule has 2 nitrogen and oxygen atoms in total. The summed E-state index contributed by atoms with van der Waals surface area (Å²) in [6.45, 7) is 4.83. The van der Waals surface area contributed by atoms with E-state index < -0.39 is 0 Å². The minimum Gasteiger partial charge on any atom is -0.501 e. The van der Waals surface area contributed by atoms with Crippen LogP contribution in [0.3, 0.4) is 0 Å². The van der Waals surface area contributed by atoms with Crippen molar-refractivity contribution in [3.63, 3.8) is 0 Å². The molecule has 1 saturated carbocycles. The molecule has 0 unspecified atom stereocenters. The van der Waals surface area contributed by atoms with E-state index in [1.807, 2.05) is 6.92 Å². The van der Waals surface area contributed by atoms with Gasteiger partial charge in [0.15, 0.2) is 0 Å². The first kappa shape index (κ1) is 13.3. The predicted octanol–water partition coefficient (Wildman–Crippen LogP) is 3.71. The van der Waals surface area contributed by atoms with Gasteiger partial charge in [-0.15, -0.1) is 0 Å². The Morgan fingerprint density at radius 3 is 2.44 bits per heavy atom. The van der Waals surface area contributed by atoms with E-state index in [0.717, 1.165) is 30.6 Å². The monoisotopic (exact) mass is 224 g/mol.